The van der Waals surface area contributed by atoms with Crippen molar-refractivity contribution in [2.45, 2.75) is 64.1 Å². The van der Waals surface area contributed by atoms with Gasteiger partial charge in [0.2, 0.25) is 0 Å². The topological polar surface area (TPSA) is 26.0 Å². The van der Waals surface area contributed by atoms with Gasteiger partial charge in [-0.15, -0.1) is 0 Å². The van der Waals surface area contributed by atoms with Gasteiger partial charge < -0.3 is 5.73 Å². The monoisotopic (exact) mass is 305 g/mol. The molecule has 1 unspecified atom stereocenters. The van der Waals surface area contributed by atoms with Crippen LogP contribution in [0.4, 0.5) is 17.6 Å². The van der Waals surface area contributed by atoms with Crippen molar-refractivity contribution in [2.24, 2.45) is 5.73 Å². The average Bonchev–Trinajstić information content (AvgIpc) is 2.41. The van der Waals surface area contributed by atoms with E-state index in [9.17, 15) is 17.6 Å². The highest BCUT2D eigenvalue weighted by atomic mass is 19.4. The summed E-state index contributed by atoms with van der Waals surface area (Å²) in [6.07, 6.45) is 2.42. The maximum absolute atomic E-state index is 13.6. The second-order valence-corrected chi connectivity index (χ2v) is 5.40. The van der Waals surface area contributed by atoms with Gasteiger partial charge in [-0.05, 0) is 24.6 Å². The van der Waals surface area contributed by atoms with Crippen LogP contribution < -0.4 is 5.73 Å². The minimum absolute atomic E-state index is 0.0432. The van der Waals surface area contributed by atoms with Gasteiger partial charge >= 0.3 is 6.18 Å². The zero-order chi connectivity index (χ0) is 15.9. The first kappa shape index (κ1) is 18.0. The normalized spacial score (nSPS) is 13.4. The van der Waals surface area contributed by atoms with Crippen molar-refractivity contribution in [1.29, 1.82) is 0 Å². The van der Waals surface area contributed by atoms with Crippen LogP contribution in [0.1, 0.15) is 69.0 Å². The van der Waals surface area contributed by atoms with Crippen molar-refractivity contribution < 1.29 is 17.6 Å². The molecular weight excluding hydrogens is 282 g/mol. The highest BCUT2D eigenvalue weighted by Crippen LogP contribution is 2.32. The molecule has 21 heavy (non-hydrogen) atoms. The van der Waals surface area contributed by atoms with Gasteiger partial charge in [0.25, 0.3) is 0 Å². The average molecular weight is 305 g/mol. The van der Waals surface area contributed by atoms with Crippen LogP contribution >= 0.6 is 0 Å². The van der Waals surface area contributed by atoms with Crippen molar-refractivity contribution >= 4 is 0 Å². The van der Waals surface area contributed by atoms with E-state index in [4.69, 9.17) is 5.73 Å². The minimum atomic E-state index is -4.47. The van der Waals surface area contributed by atoms with Crippen LogP contribution in [-0.2, 0) is 6.18 Å². The van der Waals surface area contributed by atoms with E-state index in [1.807, 2.05) is 0 Å². The lowest BCUT2D eigenvalue weighted by Crippen LogP contribution is -2.14. The standard InChI is InChI=1S/C16H23F4N/c1-2-3-4-5-6-7-8-15(21)13-11-12(16(18,19)20)9-10-14(13)17/h9-11,15H,2-8,21H2,1H3. The molecule has 1 atom stereocenters. The van der Waals surface area contributed by atoms with Gasteiger partial charge in [-0.2, -0.15) is 13.2 Å². The van der Waals surface area contributed by atoms with Gasteiger partial charge in [-0.25, -0.2) is 4.39 Å². The van der Waals surface area contributed by atoms with Crippen LogP contribution in [0, 0.1) is 5.82 Å². The molecule has 1 rings (SSSR count). The number of rotatable bonds is 8. The molecule has 1 aromatic carbocycles. The zero-order valence-electron chi connectivity index (χ0n) is 12.3. The Morgan fingerprint density at radius 3 is 2.29 bits per heavy atom. The van der Waals surface area contributed by atoms with Crippen LogP contribution in [0.15, 0.2) is 18.2 Å². The third kappa shape index (κ3) is 6.04. The van der Waals surface area contributed by atoms with Gasteiger partial charge in [0.05, 0.1) is 5.56 Å². The lowest BCUT2D eigenvalue weighted by molar-refractivity contribution is -0.137. The van der Waals surface area contributed by atoms with E-state index < -0.39 is 23.6 Å². The molecule has 0 radical (unpaired) electrons. The van der Waals surface area contributed by atoms with Gasteiger partial charge in [-0.3, -0.25) is 0 Å². The van der Waals surface area contributed by atoms with E-state index in [1.165, 1.54) is 6.42 Å². The van der Waals surface area contributed by atoms with Gasteiger partial charge in [-0.1, -0.05) is 45.4 Å². The number of hydrogen-bond donors (Lipinski definition) is 1. The maximum atomic E-state index is 13.6. The number of hydrogen-bond acceptors (Lipinski definition) is 1. The lowest BCUT2D eigenvalue weighted by Gasteiger charge is -2.15. The molecule has 0 aromatic heterocycles. The first-order chi connectivity index (χ1) is 9.86. The predicted octanol–water partition coefficient (Wildman–Crippen LogP) is 5.59. The number of alkyl halides is 3. The van der Waals surface area contributed by atoms with Crippen LogP contribution in [-0.4, -0.2) is 0 Å². The summed E-state index contributed by atoms with van der Waals surface area (Å²) in [5.74, 6) is -0.665. The fourth-order valence-electron chi connectivity index (χ4n) is 2.30. The van der Waals surface area contributed by atoms with E-state index in [0.717, 1.165) is 50.3 Å². The molecule has 0 fully saturated rings. The van der Waals surface area contributed by atoms with Gasteiger partial charge in [0.15, 0.2) is 0 Å². The molecule has 1 aromatic rings. The van der Waals surface area contributed by atoms with Gasteiger partial charge in [0, 0.05) is 11.6 Å². The Morgan fingerprint density at radius 2 is 1.67 bits per heavy atom. The highest BCUT2D eigenvalue weighted by molar-refractivity contribution is 5.29. The third-order valence-corrected chi connectivity index (χ3v) is 3.59. The Hall–Kier alpha value is -1.10. The summed E-state index contributed by atoms with van der Waals surface area (Å²) < 4.78 is 51.5. The molecular formula is C16H23F4N. The second-order valence-electron chi connectivity index (χ2n) is 5.40. The van der Waals surface area contributed by atoms with Crippen LogP contribution in [0.2, 0.25) is 0 Å². The molecule has 120 valence electrons. The smallest absolute Gasteiger partial charge is 0.324 e. The van der Waals surface area contributed by atoms with E-state index in [0.29, 0.717) is 6.42 Å². The first-order valence-electron chi connectivity index (χ1n) is 7.48. The third-order valence-electron chi connectivity index (χ3n) is 3.59. The molecule has 1 nitrogen and oxygen atoms in total. The minimum Gasteiger partial charge on any atom is -0.324 e. The molecule has 0 spiro atoms. The quantitative estimate of drug-likeness (QED) is 0.491. The molecule has 0 aliphatic rings. The number of benzene rings is 1. The van der Waals surface area contributed by atoms with E-state index in [1.54, 1.807) is 0 Å². The number of unbranched alkanes of at least 4 members (excludes halogenated alkanes) is 5. The van der Waals surface area contributed by atoms with E-state index >= 15 is 0 Å². The van der Waals surface area contributed by atoms with E-state index in [-0.39, 0.29) is 5.56 Å². The SMILES string of the molecule is CCCCCCCCC(N)c1cc(C(F)(F)F)ccc1F. The van der Waals surface area contributed by atoms with Crippen LogP contribution in [0.3, 0.4) is 0 Å². The second kappa shape index (κ2) is 8.37. The van der Waals surface area contributed by atoms with Crippen molar-refractivity contribution in [2.75, 3.05) is 0 Å². The van der Waals surface area contributed by atoms with Crippen LogP contribution in [0.25, 0.3) is 0 Å². The number of halogens is 4. The summed E-state index contributed by atoms with van der Waals surface area (Å²) in [5.41, 5.74) is 4.95. The fourth-order valence-corrected chi connectivity index (χ4v) is 2.30. The summed E-state index contributed by atoms with van der Waals surface area (Å²) in [7, 11) is 0. The summed E-state index contributed by atoms with van der Waals surface area (Å²) in [5, 5.41) is 0. The summed E-state index contributed by atoms with van der Waals surface area (Å²) in [6.45, 7) is 2.13. The van der Waals surface area contributed by atoms with E-state index in [2.05, 4.69) is 6.92 Å². The summed E-state index contributed by atoms with van der Waals surface area (Å²) >= 11 is 0. The predicted molar refractivity (Wildman–Crippen MR) is 76.3 cm³/mol. The molecule has 0 amide bonds. The van der Waals surface area contributed by atoms with Crippen molar-refractivity contribution in [3.8, 4) is 0 Å². The molecule has 0 bridgehead atoms. The fraction of sp³-hybridized carbons (Fsp3) is 0.625. The first-order valence-corrected chi connectivity index (χ1v) is 7.48. The molecule has 0 aliphatic carbocycles. The van der Waals surface area contributed by atoms with Crippen molar-refractivity contribution in [3.63, 3.8) is 0 Å². The van der Waals surface area contributed by atoms with Crippen molar-refractivity contribution in [3.05, 3.63) is 35.1 Å². The van der Waals surface area contributed by atoms with Crippen LogP contribution in [0.5, 0.6) is 0 Å². The summed E-state index contributed by atoms with van der Waals surface area (Å²) in [6, 6.07) is 1.74. The molecule has 0 saturated carbocycles. The Bertz CT molecular complexity index is 429. The molecule has 0 aliphatic heterocycles. The van der Waals surface area contributed by atoms with Crippen molar-refractivity contribution in [1.82, 2.24) is 0 Å². The van der Waals surface area contributed by atoms with Gasteiger partial charge in [0.1, 0.15) is 5.82 Å². The largest absolute Gasteiger partial charge is 0.416 e. The maximum Gasteiger partial charge on any atom is 0.416 e. The highest BCUT2D eigenvalue weighted by Gasteiger charge is 2.31. The molecule has 0 heterocycles. The lowest BCUT2D eigenvalue weighted by atomic mass is 9.98. The summed E-state index contributed by atoms with van der Waals surface area (Å²) in [4.78, 5) is 0. The molecule has 5 heteroatoms. The Balaban J connectivity index is 2.55. The Labute approximate surface area is 123 Å². The Morgan fingerprint density at radius 1 is 1.05 bits per heavy atom. The number of nitrogens with two attached hydrogens (primary N) is 1. The Kier molecular flexibility index (Phi) is 7.15. The molecule has 2 N–H and O–H groups in total. The molecule has 0 saturated heterocycles. The zero-order valence-corrected chi connectivity index (χ0v) is 12.3.